The first-order valence-corrected chi connectivity index (χ1v) is 11.3. The Morgan fingerprint density at radius 2 is 0.921 bits per heavy atom. The van der Waals surface area contributed by atoms with Crippen LogP contribution < -0.4 is 10.6 Å². The van der Waals surface area contributed by atoms with Crippen molar-refractivity contribution in [3.63, 3.8) is 0 Å². The monoisotopic (exact) mass is 524 g/mol. The number of carbonyl (C=O) groups is 4. The number of esters is 2. The summed E-state index contributed by atoms with van der Waals surface area (Å²) in [6.45, 7) is 9.60. The van der Waals surface area contributed by atoms with Crippen LogP contribution in [0.2, 0.25) is 0 Å². The van der Waals surface area contributed by atoms with Gasteiger partial charge >= 0.3 is 24.1 Å². The van der Waals surface area contributed by atoms with Gasteiger partial charge in [0, 0.05) is 22.5 Å². The van der Waals surface area contributed by atoms with Gasteiger partial charge in [0.1, 0.15) is 26.4 Å². The number of hydrogen-bond acceptors (Lipinski definition) is 10. The second kappa shape index (κ2) is 15.2. The number of nitrogens with zero attached hydrogens (tertiary/aromatic N) is 2. The van der Waals surface area contributed by atoms with E-state index in [1.807, 2.05) is 0 Å². The lowest BCUT2D eigenvalue weighted by atomic mass is 10.3. The van der Waals surface area contributed by atoms with E-state index in [1.54, 1.807) is 48.5 Å². The highest BCUT2D eigenvalue weighted by atomic mass is 16.6. The largest absolute Gasteiger partial charge is 0.459 e. The van der Waals surface area contributed by atoms with Crippen LogP contribution in [0, 0.1) is 0 Å². The molecule has 0 radical (unpaired) electrons. The number of rotatable bonds is 12. The van der Waals surface area contributed by atoms with E-state index in [0.717, 1.165) is 0 Å². The van der Waals surface area contributed by atoms with Gasteiger partial charge in [0.15, 0.2) is 0 Å². The maximum atomic E-state index is 11.8. The molecule has 0 aliphatic rings. The fourth-order valence-electron chi connectivity index (χ4n) is 2.43. The molecule has 0 atom stereocenters. The van der Waals surface area contributed by atoms with E-state index in [1.165, 1.54) is 13.8 Å². The number of nitrogens with one attached hydrogen (secondary N) is 2. The van der Waals surface area contributed by atoms with Crippen molar-refractivity contribution < 1.29 is 38.1 Å². The molecule has 200 valence electrons. The van der Waals surface area contributed by atoms with Crippen LogP contribution in [0.3, 0.4) is 0 Å². The third-order valence-electron chi connectivity index (χ3n) is 4.30. The third-order valence-corrected chi connectivity index (χ3v) is 4.30. The molecule has 0 fully saturated rings. The standard InChI is InChI=1S/C26H28N4O8/c1-17(2)23(31)35-13-15-37-25(33)27-19-5-9-21(10-6-19)29-30-22-11-7-20(8-12-22)28-26(34)38-16-14-36-24(32)18(3)4/h5-12H,1,3,13-16H2,2,4H3,(H,27,33)(H,28,34). The van der Waals surface area contributed by atoms with Gasteiger partial charge in [-0.2, -0.15) is 10.2 Å². The summed E-state index contributed by atoms with van der Waals surface area (Å²) in [6, 6.07) is 13.1. The van der Waals surface area contributed by atoms with E-state index in [-0.39, 0.29) is 37.6 Å². The summed E-state index contributed by atoms with van der Waals surface area (Å²) in [4.78, 5) is 46.1. The molecule has 0 aromatic heterocycles. The predicted octanol–water partition coefficient (Wildman–Crippen LogP) is 5.44. The molecule has 0 aliphatic heterocycles. The Balaban J connectivity index is 1.73. The quantitative estimate of drug-likeness (QED) is 0.122. The highest BCUT2D eigenvalue weighted by Gasteiger charge is 2.07. The lowest BCUT2D eigenvalue weighted by Crippen LogP contribution is -2.18. The van der Waals surface area contributed by atoms with E-state index in [2.05, 4.69) is 34.0 Å². The zero-order valence-corrected chi connectivity index (χ0v) is 21.0. The van der Waals surface area contributed by atoms with Crippen molar-refractivity contribution in [3.05, 3.63) is 72.8 Å². The average Bonchev–Trinajstić information content (AvgIpc) is 2.89. The Morgan fingerprint density at radius 3 is 1.24 bits per heavy atom. The van der Waals surface area contributed by atoms with Crippen LogP contribution in [0.5, 0.6) is 0 Å². The number of hydrogen-bond donors (Lipinski definition) is 2. The van der Waals surface area contributed by atoms with Crippen molar-refractivity contribution in [3.8, 4) is 0 Å². The van der Waals surface area contributed by atoms with Crippen molar-refractivity contribution in [1.82, 2.24) is 0 Å². The molecule has 2 amide bonds. The fraction of sp³-hybridized carbons (Fsp3) is 0.231. The molecular weight excluding hydrogens is 496 g/mol. The molecule has 0 aliphatic carbocycles. The Bertz CT molecular complexity index is 1100. The maximum absolute atomic E-state index is 11.8. The molecule has 0 bridgehead atoms. The molecule has 12 nitrogen and oxygen atoms in total. The number of benzene rings is 2. The lowest BCUT2D eigenvalue weighted by Gasteiger charge is -2.08. The van der Waals surface area contributed by atoms with E-state index in [4.69, 9.17) is 18.9 Å². The van der Waals surface area contributed by atoms with Crippen LogP contribution in [0.15, 0.2) is 83.1 Å². The first kappa shape index (κ1) is 29.2. The van der Waals surface area contributed by atoms with Crippen LogP contribution in [-0.2, 0) is 28.5 Å². The molecule has 0 spiro atoms. The Morgan fingerprint density at radius 1 is 0.605 bits per heavy atom. The van der Waals surface area contributed by atoms with Crippen molar-refractivity contribution in [2.24, 2.45) is 10.2 Å². The highest BCUT2D eigenvalue weighted by molar-refractivity contribution is 5.87. The van der Waals surface area contributed by atoms with Gasteiger partial charge in [0.2, 0.25) is 0 Å². The minimum atomic E-state index is -0.699. The number of amides is 2. The van der Waals surface area contributed by atoms with Gasteiger partial charge in [-0.05, 0) is 62.4 Å². The molecule has 0 saturated heterocycles. The van der Waals surface area contributed by atoms with Crippen LogP contribution >= 0.6 is 0 Å². The number of azo groups is 1. The summed E-state index contributed by atoms with van der Waals surface area (Å²) in [5.41, 5.74) is 2.54. The summed E-state index contributed by atoms with van der Waals surface area (Å²) in [7, 11) is 0. The van der Waals surface area contributed by atoms with Crippen molar-refractivity contribution in [1.29, 1.82) is 0 Å². The zero-order valence-electron chi connectivity index (χ0n) is 21.0. The highest BCUT2D eigenvalue weighted by Crippen LogP contribution is 2.22. The van der Waals surface area contributed by atoms with E-state index < -0.39 is 24.1 Å². The van der Waals surface area contributed by atoms with Gasteiger partial charge < -0.3 is 18.9 Å². The molecule has 0 saturated carbocycles. The smallest absolute Gasteiger partial charge is 0.411 e. The first-order valence-electron chi connectivity index (χ1n) is 11.3. The minimum Gasteiger partial charge on any atom is -0.459 e. The molecule has 0 unspecified atom stereocenters. The van der Waals surface area contributed by atoms with Gasteiger partial charge in [-0.1, -0.05) is 13.2 Å². The van der Waals surface area contributed by atoms with E-state index >= 15 is 0 Å². The van der Waals surface area contributed by atoms with Crippen molar-refractivity contribution >= 4 is 46.9 Å². The maximum Gasteiger partial charge on any atom is 0.411 e. The lowest BCUT2D eigenvalue weighted by molar-refractivity contribution is -0.140. The van der Waals surface area contributed by atoms with Gasteiger partial charge in [-0.3, -0.25) is 10.6 Å². The number of ether oxygens (including phenoxy) is 4. The van der Waals surface area contributed by atoms with Crippen LogP contribution in [-0.4, -0.2) is 50.6 Å². The summed E-state index contributed by atoms with van der Waals surface area (Å²) in [6.07, 6.45) is -1.40. The molecule has 2 aromatic rings. The normalized spacial score (nSPS) is 10.3. The van der Waals surface area contributed by atoms with E-state index in [9.17, 15) is 19.2 Å². The molecule has 38 heavy (non-hydrogen) atoms. The summed E-state index contributed by atoms with van der Waals surface area (Å²) in [5, 5.41) is 13.3. The number of carbonyl (C=O) groups excluding carboxylic acids is 4. The van der Waals surface area contributed by atoms with E-state index in [0.29, 0.717) is 22.7 Å². The van der Waals surface area contributed by atoms with Crippen molar-refractivity contribution in [2.75, 3.05) is 37.1 Å². The first-order chi connectivity index (χ1) is 18.1. The van der Waals surface area contributed by atoms with Gasteiger partial charge in [-0.25, -0.2) is 19.2 Å². The predicted molar refractivity (Wildman–Crippen MR) is 139 cm³/mol. The van der Waals surface area contributed by atoms with Gasteiger partial charge in [0.05, 0.1) is 11.4 Å². The Hall–Kier alpha value is -5.00. The molecule has 2 N–H and O–H groups in total. The number of anilines is 2. The second-order valence-electron chi connectivity index (χ2n) is 7.65. The molecular formula is C26H28N4O8. The summed E-state index contributed by atoms with van der Waals surface area (Å²) < 4.78 is 19.5. The fourth-order valence-corrected chi connectivity index (χ4v) is 2.43. The molecule has 2 aromatic carbocycles. The molecule has 12 heteroatoms. The topological polar surface area (TPSA) is 154 Å². The second-order valence-corrected chi connectivity index (χ2v) is 7.65. The van der Waals surface area contributed by atoms with Gasteiger partial charge in [-0.15, -0.1) is 0 Å². The van der Waals surface area contributed by atoms with Crippen LogP contribution in [0.4, 0.5) is 32.3 Å². The van der Waals surface area contributed by atoms with Crippen molar-refractivity contribution in [2.45, 2.75) is 13.8 Å². The molecule has 0 heterocycles. The van der Waals surface area contributed by atoms with Gasteiger partial charge in [0.25, 0.3) is 0 Å². The molecule has 2 rings (SSSR count). The summed E-state index contributed by atoms with van der Waals surface area (Å²) >= 11 is 0. The zero-order chi connectivity index (χ0) is 27.9. The minimum absolute atomic E-state index is 0.0751. The Kier molecular flexibility index (Phi) is 11.7. The summed E-state index contributed by atoms with van der Waals surface area (Å²) in [5.74, 6) is -1.10. The third kappa shape index (κ3) is 11.2. The van der Waals surface area contributed by atoms with Crippen LogP contribution in [0.1, 0.15) is 13.8 Å². The van der Waals surface area contributed by atoms with Crippen LogP contribution in [0.25, 0.3) is 0 Å². The Labute approximate surface area is 219 Å². The SMILES string of the molecule is C=C(C)C(=O)OCCOC(=O)Nc1ccc(N=Nc2ccc(NC(=O)OCCOC(=O)C(=C)C)cc2)cc1. The average molecular weight is 525 g/mol.